The number of thiophene rings is 1. The molecule has 0 radical (unpaired) electrons. The Hall–Kier alpha value is -1.19. The Balaban J connectivity index is 0.00000264. The first kappa shape index (κ1) is 19.9. The van der Waals surface area contributed by atoms with Crippen LogP contribution in [-0.2, 0) is 19.7 Å². The summed E-state index contributed by atoms with van der Waals surface area (Å²) in [6.07, 6.45) is 0. The van der Waals surface area contributed by atoms with Gasteiger partial charge in [0.25, 0.3) is 0 Å². The Kier molecular flexibility index (Phi) is 8.49. The van der Waals surface area contributed by atoms with E-state index in [0.717, 1.165) is 18.1 Å². The van der Waals surface area contributed by atoms with Gasteiger partial charge in [-0.15, -0.1) is 24.0 Å². The van der Waals surface area contributed by atoms with E-state index < -0.39 is 0 Å². The van der Waals surface area contributed by atoms with E-state index in [2.05, 4.69) is 21.8 Å². The first-order valence-electron chi connectivity index (χ1n) is 6.95. The molecule has 1 aromatic carbocycles. The molecule has 0 aliphatic carbocycles. The summed E-state index contributed by atoms with van der Waals surface area (Å²) in [6.45, 7) is 0.995. The highest BCUT2D eigenvalue weighted by molar-refractivity contribution is 14.0. The van der Waals surface area contributed by atoms with Crippen LogP contribution in [0.25, 0.3) is 0 Å². The third-order valence-corrected chi connectivity index (χ3v) is 4.04. The van der Waals surface area contributed by atoms with Gasteiger partial charge in [-0.1, -0.05) is 6.07 Å². The van der Waals surface area contributed by atoms with Gasteiger partial charge in [0, 0.05) is 32.7 Å². The number of rotatable bonds is 5. The maximum Gasteiger partial charge on any atom is 0.193 e. The molecule has 2 N–H and O–H groups in total. The van der Waals surface area contributed by atoms with Crippen molar-refractivity contribution < 1.29 is 9.50 Å². The van der Waals surface area contributed by atoms with E-state index in [1.807, 2.05) is 17.3 Å². The smallest absolute Gasteiger partial charge is 0.193 e. The summed E-state index contributed by atoms with van der Waals surface area (Å²) >= 11 is 1.67. The van der Waals surface area contributed by atoms with Gasteiger partial charge in [-0.05, 0) is 40.1 Å². The molecule has 0 bridgehead atoms. The van der Waals surface area contributed by atoms with Crippen molar-refractivity contribution in [3.05, 3.63) is 57.5 Å². The lowest BCUT2D eigenvalue weighted by Crippen LogP contribution is -2.37. The molecular weight excluding hydrogens is 428 g/mol. The Labute approximate surface area is 157 Å². The minimum atomic E-state index is -0.384. The normalized spacial score (nSPS) is 11.0. The quantitative estimate of drug-likeness (QED) is 0.419. The van der Waals surface area contributed by atoms with E-state index in [0.29, 0.717) is 12.1 Å². The molecule has 2 aromatic rings. The second-order valence-electron chi connectivity index (χ2n) is 4.97. The van der Waals surface area contributed by atoms with Gasteiger partial charge in [-0.2, -0.15) is 11.3 Å². The topological polar surface area (TPSA) is 47.9 Å². The van der Waals surface area contributed by atoms with E-state index in [1.54, 1.807) is 30.5 Å². The number of halogens is 2. The number of aliphatic hydroxyl groups excluding tert-OH is 1. The highest BCUT2D eigenvalue weighted by Gasteiger charge is 2.08. The lowest BCUT2D eigenvalue weighted by atomic mass is 10.1. The van der Waals surface area contributed by atoms with Crippen molar-refractivity contribution in [1.82, 2.24) is 10.2 Å². The number of hydrogen-bond acceptors (Lipinski definition) is 3. The summed E-state index contributed by atoms with van der Waals surface area (Å²) in [5.74, 6) is 0.381. The molecule has 0 fully saturated rings. The molecule has 0 saturated heterocycles. The van der Waals surface area contributed by atoms with Crippen LogP contribution in [0.1, 0.15) is 16.7 Å². The predicted octanol–water partition coefficient (Wildman–Crippen LogP) is 3.20. The minimum absolute atomic E-state index is 0. The molecule has 0 unspecified atom stereocenters. The lowest BCUT2D eigenvalue weighted by molar-refractivity contribution is 0.275. The number of guanidine groups is 1. The van der Waals surface area contributed by atoms with E-state index in [9.17, 15) is 4.39 Å². The molecule has 4 nitrogen and oxygen atoms in total. The molecule has 126 valence electrons. The number of nitrogens with one attached hydrogen (secondary N) is 1. The van der Waals surface area contributed by atoms with Crippen molar-refractivity contribution in [2.75, 3.05) is 14.1 Å². The number of benzene rings is 1. The van der Waals surface area contributed by atoms with Crippen molar-refractivity contribution in [2.24, 2.45) is 4.99 Å². The second kappa shape index (κ2) is 9.84. The first-order chi connectivity index (χ1) is 10.6. The zero-order valence-corrected chi connectivity index (χ0v) is 16.3. The molecule has 0 aliphatic heterocycles. The number of hydrogen-bond donors (Lipinski definition) is 2. The van der Waals surface area contributed by atoms with Crippen LogP contribution in [0.3, 0.4) is 0 Å². The van der Waals surface area contributed by atoms with Crippen LogP contribution in [0.2, 0.25) is 0 Å². The summed E-state index contributed by atoms with van der Waals surface area (Å²) in [4.78, 5) is 6.28. The van der Waals surface area contributed by atoms with Crippen LogP contribution in [0, 0.1) is 5.82 Å². The monoisotopic (exact) mass is 449 g/mol. The van der Waals surface area contributed by atoms with Gasteiger partial charge in [0.05, 0.1) is 6.61 Å². The molecule has 7 heteroatoms. The first-order valence-corrected chi connectivity index (χ1v) is 7.89. The van der Waals surface area contributed by atoms with Crippen LogP contribution in [0.4, 0.5) is 4.39 Å². The Morgan fingerprint density at radius 2 is 2.13 bits per heavy atom. The largest absolute Gasteiger partial charge is 0.392 e. The number of nitrogens with zero attached hydrogens (tertiary/aromatic N) is 2. The van der Waals surface area contributed by atoms with E-state index >= 15 is 0 Å². The van der Waals surface area contributed by atoms with Crippen molar-refractivity contribution >= 4 is 41.3 Å². The van der Waals surface area contributed by atoms with Gasteiger partial charge >= 0.3 is 0 Å². The fourth-order valence-corrected chi connectivity index (χ4v) is 2.82. The molecule has 0 atom stereocenters. The summed E-state index contributed by atoms with van der Waals surface area (Å²) < 4.78 is 13.4. The van der Waals surface area contributed by atoms with E-state index in [4.69, 9.17) is 5.11 Å². The summed E-state index contributed by atoms with van der Waals surface area (Å²) in [5.41, 5.74) is 2.44. The summed E-state index contributed by atoms with van der Waals surface area (Å²) in [6, 6.07) is 6.82. The van der Waals surface area contributed by atoms with Gasteiger partial charge in [-0.25, -0.2) is 4.39 Å². The fraction of sp³-hybridized carbons (Fsp3) is 0.312. The molecular formula is C16H21FIN3OS. The highest BCUT2D eigenvalue weighted by atomic mass is 127. The van der Waals surface area contributed by atoms with Gasteiger partial charge in [0.15, 0.2) is 5.96 Å². The lowest BCUT2D eigenvalue weighted by Gasteiger charge is -2.21. The number of aliphatic imine (C=N–C) groups is 1. The SMILES string of the molecule is CN=C(NCc1ccc(F)c(CO)c1)N(C)Cc1ccsc1.I. The maximum atomic E-state index is 13.4. The average Bonchev–Trinajstić information content (AvgIpc) is 3.02. The molecule has 0 saturated carbocycles. The molecule has 1 aromatic heterocycles. The zero-order valence-electron chi connectivity index (χ0n) is 13.1. The standard InChI is InChI=1S/C16H20FN3OS.HI/c1-18-16(20(2)9-13-5-6-22-11-13)19-8-12-3-4-15(17)14(7-12)10-21;/h3-7,11,21H,8-10H2,1-2H3,(H,18,19);1H. The van der Waals surface area contributed by atoms with Crippen molar-refractivity contribution in [3.63, 3.8) is 0 Å². The summed E-state index contributed by atoms with van der Waals surface area (Å²) in [5, 5.41) is 16.5. The fourth-order valence-electron chi connectivity index (χ4n) is 2.16. The van der Waals surface area contributed by atoms with Crippen LogP contribution < -0.4 is 5.32 Å². The second-order valence-corrected chi connectivity index (χ2v) is 5.75. The predicted molar refractivity (Wildman–Crippen MR) is 104 cm³/mol. The van der Waals surface area contributed by atoms with Crippen molar-refractivity contribution in [3.8, 4) is 0 Å². The average molecular weight is 449 g/mol. The van der Waals surface area contributed by atoms with Gasteiger partial charge in [-0.3, -0.25) is 4.99 Å². The highest BCUT2D eigenvalue weighted by Crippen LogP contribution is 2.11. The van der Waals surface area contributed by atoms with E-state index in [1.165, 1.54) is 11.6 Å². The van der Waals surface area contributed by atoms with Crippen molar-refractivity contribution in [1.29, 1.82) is 0 Å². The zero-order chi connectivity index (χ0) is 15.9. The molecule has 0 spiro atoms. The third kappa shape index (κ3) is 5.74. The minimum Gasteiger partial charge on any atom is -0.392 e. The van der Waals surface area contributed by atoms with Gasteiger partial charge < -0.3 is 15.3 Å². The Bertz CT molecular complexity index is 634. The molecule has 0 aliphatic rings. The van der Waals surface area contributed by atoms with Crippen LogP contribution >= 0.6 is 35.3 Å². The Morgan fingerprint density at radius 3 is 2.74 bits per heavy atom. The molecule has 2 rings (SSSR count). The van der Waals surface area contributed by atoms with E-state index in [-0.39, 0.29) is 36.4 Å². The molecule has 1 heterocycles. The summed E-state index contributed by atoms with van der Waals surface area (Å²) in [7, 11) is 3.70. The van der Waals surface area contributed by atoms with Crippen LogP contribution in [0.5, 0.6) is 0 Å². The van der Waals surface area contributed by atoms with Crippen LogP contribution in [-0.4, -0.2) is 30.1 Å². The molecule has 23 heavy (non-hydrogen) atoms. The van der Waals surface area contributed by atoms with Gasteiger partial charge in [0.2, 0.25) is 0 Å². The Morgan fingerprint density at radius 1 is 1.35 bits per heavy atom. The third-order valence-electron chi connectivity index (χ3n) is 3.30. The molecule has 0 amide bonds. The van der Waals surface area contributed by atoms with Gasteiger partial charge in [0.1, 0.15) is 5.82 Å². The van der Waals surface area contributed by atoms with Crippen LogP contribution in [0.15, 0.2) is 40.0 Å². The maximum absolute atomic E-state index is 13.4. The van der Waals surface area contributed by atoms with Crippen molar-refractivity contribution in [2.45, 2.75) is 19.7 Å². The number of aliphatic hydroxyl groups is 1.